The summed E-state index contributed by atoms with van der Waals surface area (Å²) in [7, 11) is 5.05. The van der Waals surface area contributed by atoms with Gasteiger partial charge in [-0.15, -0.1) is 0 Å². The van der Waals surface area contributed by atoms with E-state index in [9.17, 15) is 0 Å². The third-order valence-electron chi connectivity index (χ3n) is 2.67. The first-order valence-corrected chi connectivity index (χ1v) is 6.20. The van der Waals surface area contributed by atoms with Crippen LogP contribution < -0.4 is 19.5 Å². The van der Waals surface area contributed by atoms with Crippen LogP contribution in [0.4, 0.5) is 0 Å². The molecule has 0 spiro atoms. The second-order valence-electron chi connectivity index (χ2n) is 4.15. The fourth-order valence-corrected chi connectivity index (χ4v) is 1.71. The molecular formula is C14H18N2O4. The lowest BCUT2D eigenvalue weighted by Gasteiger charge is -2.08. The SMILES string of the molecule is CNCc1cc(COc2cc(OC)cc(OC)c2)on1. The number of benzene rings is 1. The Morgan fingerprint density at radius 3 is 2.30 bits per heavy atom. The van der Waals surface area contributed by atoms with Gasteiger partial charge in [-0.1, -0.05) is 5.16 Å². The van der Waals surface area contributed by atoms with Gasteiger partial charge in [0.05, 0.1) is 19.9 Å². The summed E-state index contributed by atoms with van der Waals surface area (Å²) < 4.78 is 21.2. The maximum atomic E-state index is 5.65. The van der Waals surface area contributed by atoms with Gasteiger partial charge in [0.1, 0.15) is 23.9 Å². The average molecular weight is 278 g/mol. The minimum atomic E-state index is 0.299. The molecule has 0 fully saturated rings. The van der Waals surface area contributed by atoms with Crippen LogP contribution >= 0.6 is 0 Å². The molecule has 1 heterocycles. The summed E-state index contributed by atoms with van der Waals surface area (Å²) in [5, 5.41) is 6.92. The lowest BCUT2D eigenvalue weighted by molar-refractivity contribution is 0.246. The standard InChI is InChI=1S/C14H18N2O4/c1-15-8-10-4-14(20-16-10)9-19-13-6-11(17-2)5-12(7-13)18-3/h4-7,15H,8-9H2,1-3H3. The van der Waals surface area contributed by atoms with Crippen molar-refractivity contribution in [3.8, 4) is 17.2 Å². The molecule has 20 heavy (non-hydrogen) atoms. The molecule has 108 valence electrons. The number of methoxy groups -OCH3 is 2. The van der Waals surface area contributed by atoms with E-state index >= 15 is 0 Å². The number of ether oxygens (including phenoxy) is 3. The first-order chi connectivity index (χ1) is 9.75. The van der Waals surface area contributed by atoms with Crippen molar-refractivity contribution in [1.29, 1.82) is 0 Å². The van der Waals surface area contributed by atoms with Gasteiger partial charge < -0.3 is 24.1 Å². The Kier molecular flexibility index (Phi) is 4.84. The number of nitrogens with zero attached hydrogens (tertiary/aromatic N) is 1. The summed E-state index contributed by atoms with van der Waals surface area (Å²) in [5.41, 5.74) is 0.842. The van der Waals surface area contributed by atoms with Gasteiger partial charge in [-0.2, -0.15) is 0 Å². The Hall–Kier alpha value is -2.21. The molecule has 6 heteroatoms. The topological polar surface area (TPSA) is 65.8 Å². The van der Waals surface area contributed by atoms with Crippen molar-refractivity contribution in [2.45, 2.75) is 13.2 Å². The van der Waals surface area contributed by atoms with Crippen molar-refractivity contribution < 1.29 is 18.7 Å². The number of rotatable bonds is 7. The molecule has 0 aliphatic carbocycles. The molecule has 6 nitrogen and oxygen atoms in total. The summed E-state index contributed by atoms with van der Waals surface area (Å²) in [6, 6.07) is 7.21. The van der Waals surface area contributed by atoms with Crippen LogP contribution in [-0.2, 0) is 13.2 Å². The van der Waals surface area contributed by atoms with Gasteiger partial charge in [0.25, 0.3) is 0 Å². The highest BCUT2D eigenvalue weighted by molar-refractivity contribution is 5.42. The second-order valence-corrected chi connectivity index (χ2v) is 4.15. The highest BCUT2D eigenvalue weighted by Crippen LogP contribution is 2.27. The van der Waals surface area contributed by atoms with Crippen molar-refractivity contribution in [2.24, 2.45) is 0 Å². The van der Waals surface area contributed by atoms with E-state index in [-0.39, 0.29) is 0 Å². The highest BCUT2D eigenvalue weighted by atomic mass is 16.5. The summed E-state index contributed by atoms with van der Waals surface area (Å²) in [6.07, 6.45) is 0. The lowest BCUT2D eigenvalue weighted by atomic mass is 10.3. The summed E-state index contributed by atoms with van der Waals surface area (Å²) in [4.78, 5) is 0. The normalized spacial score (nSPS) is 10.3. The number of aromatic nitrogens is 1. The number of hydrogen-bond acceptors (Lipinski definition) is 6. The van der Waals surface area contributed by atoms with Crippen molar-refractivity contribution in [3.63, 3.8) is 0 Å². The molecule has 1 aromatic carbocycles. The first kappa shape index (κ1) is 14.2. The Labute approximate surface area is 117 Å². The minimum Gasteiger partial charge on any atom is -0.496 e. The van der Waals surface area contributed by atoms with E-state index in [1.165, 1.54) is 0 Å². The number of hydrogen-bond donors (Lipinski definition) is 1. The van der Waals surface area contributed by atoms with Gasteiger partial charge in [0.15, 0.2) is 5.76 Å². The van der Waals surface area contributed by atoms with Crippen molar-refractivity contribution >= 4 is 0 Å². The quantitative estimate of drug-likeness (QED) is 0.835. The monoisotopic (exact) mass is 278 g/mol. The average Bonchev–Trinajstić information content (AvgIpc) is 2.93. The zero-order chi connectivity index (χ0) is 14.4. The third-order valence-corrected chi connectivity index (χ3v) is 2.67. The second kappa shape index (κ2) is 6.81. The van der Waals surface area contributed by atoms with Gasteiger partial charge in [-0.05, 0) is 7.05 Å². The summed E-state index contributed by atoms with van der Waals surface area (Å²) >= 11 is 0. The van der Waals surface area contributed by atoms with E-state index < -0.39 is 0 Å². The van der Waals surface area contributed by atoms with Crippen LogP contribution in [0.25, 0.3) is 0 Å². The Balaban J connectivity index is 2.02. The van der Waals surface area contributed by atoms with Gasteiger partial charge in [-0.3, -0.25) is 0 Å². The molecule has 1 N–H and O–H groups in total. The van der Waals surface area contributed by atoms with Crippen LogP contribution in [0.15, 0.2) is 28.8 Å². The molecule has 0 atom stereocenters. The fourth-order valence-electron chi connectivity index (χ4n) is 1.71. The smallest absolute Gasteiger partial charge is 0.174 e. The predicted octanol–water partition coefficient (Wildman–Crippen LogP) is 1.99. The van der Waals surface area contributed by atoms with E-state index in [1.807, 2.05) is 13.1 Å². The molecule has 2 aromatic rings. The fraction of sp³-hybridized carbons (Fsp3) is 0.357. The molecule has 0 saturated heterocycles. The van der Waals surface area contributed by atoms with Crippen LogP contribution in [-0.4, -0.2) is 26.4 Å². The van der Waals surface area contributed by atoms with Crippen LogP contribution in [0.1, 0.15) is 11.5 Å². The minimum absolute atomic E-state index is 0.299. The molecular weight excluding hydrogens is 260 g/mol. The maximum Gasteiger partial charge on any atom is 0.174 e. The molecule has 0 amide bonds. The molecule has 1 aromatic heterocycles. The van der Waals surface area contributed by atoms with Gasteiger partial charge in [0, 0.05) is 30.8 Å². The van der Waals surface area contributed by atoms with Crippen LogP contribution in [0, 0.1) is 0 Å². The molecule has 0 aliphatic rings. The number of nitrogens with one attached hydrogen (secondary N) is 1. The van der Waals surface area contributed by atoms with Crippen molar-refractivity contribution in [3.05, 3.63) is 35.7 Å². The molecule has 0 radical (unpaired) electrons. The largest absolute Gasteiger partial charge is 0.496 e. The highest BCUT2D eigenvalue weighted by Gasteiger charge is 2.07. The Bertz CT molecular complexity index is 532. The van der Waals surface area contributed by atoms with E-state index in [2.05, 4.69) is 10.5 Å². The zero-order valence-corrected chi connectivity index (χ0v) is 11.8. The van der Waals surface area contributed by atoms with Crippen LogP contribution in [0.5, 0.6) is 17.2 Å². The van der Waals surface area contributed by atoms with Crippen LogP contribution in [0.3, 0.4) is 0 Å². The summed E-state index contributed by atoms with van der Waals surface area (Å²) in [5.74, 6) is 2.66. The van der Waals surface area contributed by atoms with Gasteiger partial charge in [-0.25, -0.2) is 0 Å². The first-order valence-electron chi connectivity index (χ1n) is 6.20. The van der Waals surface area contributed by atoms with E-state index in [0.717, 1.165) is 5.69 Å². The van der Waals surface area contributed by atoms with Crippen molar-refractivity contribution in [2.75, 3.05) is 21.3 Å². The molecule has 0 saturated carbocycles. The Morgan fingerprint density at radius 1 is 1.05 bits per heavy atom. The van der Waals surface area contributed by atoms with E-state index in [4.69, 9.17) is 18.7 Å². The van der Waals surface area contributed by atoms with Crippen molar-refractivity contribution in [1.82, 2.24) is 10.5 Å². The van der Waals surface area contributed by atoms with E-state index in [1.54, 1.807) is 32.4 Å². The van der Waals surface area contributed by atoms with E-state index in [0.29, 0.717) is 36.2 Å². The molecule has 2 rings (SSSR count). The Morgan fingerprint density at radius 2 is 1.70 bits per heavy atom. The molecule has 0 unspecified atom stereocenters. The molecule has 0 aliphatic heterocycles. The molecule has 0 bridgehead atoms. The van der Waals surface area contributed by atoms with Crippen LogP contribution in [0.2, 0.25) is 0 Å². The van der Waals surface area contributed by atoms with Gasteiger partial charge in [0.2, 0.25) is 0 Å². The lowest BCUT2D eigenvalue weighted by Crippen LogP contribution is -2.04. The predicted molar refractivity (Wildman–Crippen MR) is 73.1 cm³/mol. The third kappa shape index (κ3) is 3.64. The zero-order valence-electron chi connectivity index (χ0n) is 11.8. The summed E-state index contributed by atoms with van der Waals surface area (Å²) in [6.45, 7) is 0.962. The van der Waals surface area contributed by atoms with Gasteiger partial charge >= 0.3 is 0 Å². The maximum absolute atomic E-state index is 5.65.